The van der Waals surface area contributed by atoms with Gasteiger partial charge >= 0.3 is 0 Å². The summed E-state index contributed by atoms with van der Waals surface area (Å²) in [4.78, 5) is 11.3. The molecule has 0 radical (unpaired) electrons. The first-order chi connectivity index (χ1) is 9.55. The summed E-state index contributed by atoms with van der Waals surface area (Å²) in [5, 5.41) is 0.606. The summed E-state index contributed by atoms with van der Waals surface area (Å²) in [7, 11) is 4.28. The van der Waals surface area contributed by atoms with Gasteiger partial charge in [0.05, 0.1) is 10.9 Å². The Hall–Kier alpha value is -0.840. The van der Waals surface area contributed by atoms with E-state index in [1.165, 1.54) is 19.3 Å². The fourth-order valence-corrected chi connectivity index (χ4v) is 3.28. The second kappa shape index (κ2) is 5.17. The van der Waals surface area contributed by atoms with Crippen LogP contribution in [0.4, 0.5) is 0 Å². The summed E-state index contributed by atoms with van der Waals surface area (Å²) >= 11 is 12.0. The number of hydrogen-bond acceptors (Lipinski definition) is 3. The summed E-state index contributed by atoms with van der Waals surface area (Å²) in [6.45, 7) is 0.882. The average Bonchev–Trinajstić information content (AvgIpc) is 2.69. The molecule has 2 aromatic heterocycles. The highest BCUT2D eigenvalue weighted by molar-refractivity contribution is 6.31. The van der Waals surface area contributed by atoms with Crippen LogP contribution in [0.15, 0.2) is 12.3 Å². The summed E-state index contributed by atoms with van der Waals surface area (Å²) in [5.74, 6) is 1.25. The number of pyridine rings is 1. The molecule has 0 atom stereocenters. The van der Waals surface area contributed by atoms with Gasteiger partial charge in [-0.3, -0.25) is 0 Å². The van der Waals surface area contributed by atoms with Gasteiger partial charge in [-0.1, -0.05) is 11.6 Å². The molecule has 0 spiro atoms. The van der Waals surface area contributed by atoms with Crippen molar-refractivity contribution < 1.29 is 0 Å². The molecule has 0 amide bonds. The number of fused-ring (bicyclic) bond motifs is 1. The second-order valence-electron chi connectivity index (χ2n) is 5.72. The summed E-state index contributed by atoms with van der Waals surface area (Å²) < 4.78 is 2.15. The van der Waals surface area contributed by atoms with Crippen LogP contribution >= 0.6 is 23.2 Å². The van der Waals surface area contributed by atoms with Crippen LogP contribution in [0.3, 0.4) is 0 Å². The molecule has 0 bridgehead atoms. The van der Waals surface area contributed by atoms with Crippen molar-refractivity contribution in [2.45, 2.75) is 37.2 Å². The second-order valence-corrected chi connectivity index (χ2v) is 6.42. The Labute approximate surface area is 128 Å². The Kier molecular flexibility index (Phi) is 3.65. The molecule has 0 unspecified atom stereocenters. The Balaban J connectivity index is 2.05. The monoisotopic (exact) mass is 312 g/mol. The van der Waals surface area contributed by atoms with E-state index in [0.717, 1.165) is 23.5 Å². The molecule has 2 aromatic rings. The smallest absolute Gasteiger partial charge is 0.160 e. The molecule has 3 rings (SSSR count). The maximum atomic E-state index is 6.06. The molecule has 1 saturated carbocycles. The Morgan fingerprint density at radius 1 is 1.40 bits per heavy atom. The lowest BCUT2D eigenvalue weighted by Crippen LogP contribution is -2.53. The van der Waals surface area contributed by atoms with Crippen molar-refractivity contribution in [1.29, 1.82) is 0 Å². The van der Waals surface area contributed by atoms with Crippen molar-refractivity contribution in [2.75, 3.05) is 14.1 Å². The molecule has 1 aliphatic carbocycles. The number of likely N-dealkylation sites (N-methyl/N-ethyl adjacent to an activating group) is 1. The van der Waals surface area contributed by atoms with E-state index < -0.39 is 0 Å². The summed E-state index contributed by atoms with van der Waals surface area (Å²) in [6, 6.07) is 1.85. The number of hydrogen-bond donors (Lipinski definition) is 0. The van der Waals surface area contributed by atoms with E-state index >= 15 is 0 Å². The molecule has 0 N–H and O–H groups in total. The molecule has 4 nitrogen and oxygen atoms in total. The summed E-state index contributed by atoms with van der Waals surface area (Å²) in [6.07, 6.45) is 5.35. The van der Waals surface area contributed by atoms with Crippen LogP contribution in [0.5, 0.6) is 0 Å². The highest BCUT2D eigenvalue weighted by atomic mass is 35.5. The van der Waals surface area contributed by atoms with Gasteiger partial charge < -0.3 is 9.47 Å². The van der Waals surface area contributed by atoms with E-state index in [4.69, 9.17) is 23.2 Å². The molecule has 108 valence electrons. The molecule has 1 aliphatic rings. The summed E-state index contributed by atoms with van der Waals surface area (Å²) in [5.41, 5.74) is 1.90. The molecule has 0 aromatic carbocycles. The van der Waals surface area contributed by atoms with Crippen molar-refractivity contribution in [2.24, 2.45) is 0 Å². The third-order valence-corrected chi connectivity index (χ3v) is 4.88. The van der Waals surface area contributed by atoms with Gasteiger partial charge in [0.1, 0.15) is 11.3 Å². The number of alkyl halides is 1. The quantitative estimate of drug-likeness (QED) is 0.812. The number of aromatic nitrogens is 3. The molecular formula is C14H18Cl2N4. The molecule has 0 aliphatic heterocycles. The molecule has 2 heterocycles. The zero-order chi connectivity index (χ0) is 14.3. The van der Waals surface area contributed by atoms with Crippen molar-refractivity contribution in [3.05, 3.63) is 23.1 Å². The van der Waals surface area contributed by atoms with E-state index in [1.807, 2.05) is 6.07 Å². The lowest BCUT2D eigenvalue weighted by atomic mass is 9.75. The predicted octanol–water partition coefficient (Wildman–Crippen LogP) is 3.31. The van der Waals surface area contributed by atoms with Crippen molar-refractivity contribution in [3.8, 4) is 0 Å². The van der Waals surface area contributed by atoms with Crippen LogP contribution in [-0.2, 0) is 12.4 Å². The zero-order valence-electron chi connectivity index (χ0n) is 11.7. The SMILES string of the molecule is CN(C)C1(Cn2c(CCl)nc3cc(Cl)cnc32)CCC1. The van der Waals surface area contributed by atoms with Gasteiger partial charge in [0.15, 0.2) is 5.65 Å². The normalized spacial score (nSPS) is 17.6. The minimum atomic E-state index is 0.204. The van der Waals surface area contributed by atoms with Gasteiger partial charge in [-0.05, 0) is 39.4 Å². The Bertz CT molecular complexity index is 631. The minimum absolute atomic E-state index is 0.204. The Morgan fingerprint density at radius 2 is 2.15 bits per heavy atom. The topological polar surface area (TPSA) is 34.0 Å². The van der Waals surface area contributed by atoms with Crippen molar-refractivity contribution in [3.63, 3.8) is 0 Å². The van der Waals surface area contributed by atoms with Gasteiger partial charge in [0, 0.05) is 18.3 Å². The third-order valence-electron chi connectivity index (χ3n) is 4.44. The largest absolute Gasteiger partial charge is 0.310 e. The van der Waals surface area contributed by atoms with Crippen LogP contribution in [0.1, 0.15) is 25.1 Å². The number of rotatable bonds is 4. The number of halogens is 2. The predicted molar refractivity (Wildman–Crippen MR) is 82.4 cm³/mol. The Morgan fingerprint density at radius 3 is 2.70 bits per heavy atom. The molecule has 0 saturated heterocycles. The van der Waals surface area contributed by atoms with Gasteiger partial charge in [-0.15, -0.1) is 11.6 Å². The standard InChI is InChI=1S/C14H18Cl2N4/c1-19(2)14(4-3-5-14)9-20-12(7-15)18-11-6-10(16)8-17-13(11)20/h6,8H,3-5,7,9H2,1-2H3. The molecule has 20 heavy (non-hydrogen) atoms. The highest BCUT2D eigenvalue weighted by Gasteiger charge is 2.40. The highest BCUT2D eigenvalue weighted by Crippen LogP contribution is 2.38. The van der Waals surface area contributed by atoms with Crippen LogP contribution in [0, 0.1) is 0 Å². The van der Waals surface area contributed by atoms with E-state index in [0.29, 0.717) is 10.9 Å². The zero-order valence-corrected chi connectivity index (χ0v) is 13.2. The fourth-order valence-electron chi connectivity index (χ4n) is 2.93. The van der Waals surface area contributed by atoms with Crippen LogP contribution in [0.2, 0.25) is 5.02 Å². The lowest BCUT2D eigenvalue weighted by molar-refractivity contribution is 0.0427. The lowest BCUT2D eigenvalue weighted by Gasteiger charge is -2.47. The van der Waals surface area contributed by atoms with Crippen LogP contribution < -0.4 is 0 Å². The van der Waals surface area contributed by atoms with Gasteiger partial charge in [0.25, 0.3) is 0 Å². The number of imidazole rings is 1. The maximum absolute atomic E-state index is 6.06. The van der Waals surface area contributed by atoms with Gasteiger partial charge in [-0.2, -0.15) is 0 Å². The van der Waals surface area contributed by atoms with E-state index in [-0.39, 0.29) is 5.54 Å². The van der Waals surface area contributed by atoms with E-state index in [2.05, 4.69) is 33.5 Å². The van der Waals surface area contributed by atoms with Gasteiger partial charge in [-0.25, -0.2) is 9.97 Å². The van der Waals surface area contributed by atoms with Crippen molar-refractivity contribution in [1.82, 2.24) is 19.4 Å². The third kappa shape index (κ3) is 2.20. The number of nitrogens with zero attached hydrogens (tertiary/aromatic N) is 4. The molecular weight excluding hydrogens is 295 g/mol. The van der Waals surface area contributed by atoms with E-state index in [9.17, 15) is 0 Å². The first-order valence-corrected chi connectivity index (χ1v) is 7.71. The van der Waals surface area contributed by atoms with E-state index in [1.54, 1.807) is 6.20 Å². The minimum Gasteiger partial charge on any atom is -0.310 e. The van der Waals surface area contributed by atoms with Crippen molar-refractivity contribution >= 4 is 34.4 Å². The first-order valence-electron chi connectivity index (χ1n) is 6.80. The molecule has 6 heteroatoms. The fraction of sp³-hybridized carbons (Fsp3) is 0.571. The molecule has 1 fully saturated rings. The van der Waals surface area contributed by atoms with Gasteiger partial charge in [0.2, 0.25) is 0 Å². The van der Waals surface area contributed by atoms with Crippen LogP contribution in [0.25, 0.3) is 11.2 Å². The average molecular weight is 313 g/mol. The maximum Gasteiger partial charge on any atom is 0.160 e. The first kappa shape index (κ1) is 14.1. The van der Waals surface area contributed by atoms with Crippen LogP contribution in [-0.4, -0.2) is 39.1 Å².